The van der Waals surface area contributed by atoms with Crippen LogP contribution in [0, 0.1) is 11.8 Å². The lowest BCUT2D eigenvalue weighted by molar-refractivity contribution is -0.144. The van der Waals surface area contributed by atoms with Gasteiger partial charge in [-0.05, 0) is 19.8 Å². The van der Waals surface area contributed by atoms with Gasteiger partial charge in [0.15, 0.2) is 0 Å². The van der Waals surface area contributed by atoms with E-state index in [1.54, 1.807) is 14.0 Å². The Morgan fingerprint density at radius 2 is 1.84 bits per heavy atom. The van der Waals surface area contributed by atoms with Crippen LogP contribution in [0.1, 0.15) is 26.2 Å². The second-order valence-corrected chi connectivity index (χ2v) is 5.66. The van der Waals surface area contributed by atoms with Crippen molar-refractivity contribution in [2.24, 2.45) is 11.8 Å². The van der Waals surface area contributed by atoms with Gasteiger partial charge in [-0.2, -0.15) is 0 Å². The number of aliphatic hydroxyl groups is 1. The Labute approximate surface area is 113 Å². The Bertz CT molecular complexity index is 376. The number of ether oxygens (including phenoxy) is 1. The number of rotatable bonds is 5. The molecule has 1 saturated heterocycles. The van der Waals surface area contributed by atoms with Crippen molar-refractivity contribution < 1.29 is 19.4 Å². The molecule has 0 radical (unpaired) electrons. The van der Waals surface area contributed by atoms with Crippen molar-refractivity contribution in [2.45, 2.75) is 31.8 Å². The normalized spacial score (nSPS) is 29.5. The maximum Gasteiger partial charge on any atom is 0.233 e. The highest BCUT2D eigenvalue weighted by atomic mass is 16.5. The highest BCUT2D eigenvalue weighted by Gasteiger charge is 2.48. The number of carbonyl (C=O) groups is 2. The number of fused-ring (bicyclic) bond motifs is 1. The molecule has 0 aromatic heterocycles. The van der Waals surface area contributed by atoms with Crippen LogP contribution in [-0.2, 0) is 14.3 Å². The van der Waals surface area contributed by atoms with Crippen LogP contribution in [0.4, 0.5) is 0 Å². The fourth-order valence-electron chi connectivity index (χ4n) is 2.77. The molecule has 1 unspecified atom stereocenters. The fraction of sp³-hybridized carbons (Fsp3) is 0.714. The molecular formula is C14H21NO4. The Balaban J connectivity index is 2.05. The maximum atomic E-state index is 12.2. The number of nitrogens with zero attached hydrogens (tertiary/aromatic N) is 1. The van der Waals surface area contributed by atoms with E-state index in [1.807, 2.05) is 12.2 Å². The van der Waals surface area contributed by atoms with Crippen molar-refractivity contribution in [3.8, 4) is 0 Å². The van der Waals surface area contributed by atoms with E-state index in [0.717, 1.165) is 0 Å². The van der Waals surface area contributed by atoms with Gasteiger partial charge < -0.3 is 9.84 Å². The number of likely N-dealkylation sites (tertiary alicyclic amines) is 1. The lowest BCUT2D eigenvalue weighted by Gasteiger charge is -2.27. The summed E-state index contributed by atoms with van der Waals surface area (Å²) in [6.07, 6.45) is 5.57. The van der Waals surface area contributed by atoms with E-state index in [0.29, 0.717) is 25.9 Å². The third-order valence-corrected chi connectivity index (χ3v) is 3.94. The smallest absolute Gasteiger partial charge is 0.233 e. The molecule has 5 heteroatoms. The van der Waals surface area contributed by atoms with Gasteiger partial charge in [0.05, 0.1) is 24.0 Å². The van der Waals surface area contributed by atoms with Gasteiger partial charge in [-0.1, -0.05) is 12.2 Å². The molecule has 1 N–H and O–H groups in total. The number of carbonyl (C=O) groups excluding carboxylic acids is 2. The SMILES string of the molecule is COCCC(C)(O)CN1C(=O)[C@H]2CC=CC[C@H]2C1=O. The molecule has 1 aliphatic heterocycles. The summed E-state index contributed by atoms with van der Waals surface area (Å²) >= 11 is 0. The summed E-state index contributed by atoms with van der Waals surface area (Å²) in [5, 5.41) is 10.2. The van der Waals surface area contributed by atoms with Gasteiger partial charge in [-0.25, -0.2) is 0 Å². The predicted octanol–water partition coefficient (Wildman–Crippen LogP) is 0.725. The van der Waals surface area contributed by atoms with E-state index in [9.17, 15) is 14.7 Å². The van der Waals surface area contributed by atoms with Crippen molar-refractivity contribution in [1.82, 2.24) is 4.90 Å². The average Bonchev–Trinajstić information content (AvgIpc) is 2.62. The van der Waals surface area contributed by atoms with E-state index in [4.69, 9.17) is 4.74 Å². The van der Waals surface area contributed by atoms with Crippen LogP contribution in [0.3, 0.4) is 0 Å². The highest BCUT2D eigenvalue weighted by molar-refractivity contribution is 6.05. The zero-order valence-corrected chi connectivity index (χ0v) is 11.5. The van der Waals surface area contributed by atoms with E-state index >= 15 is 0 Å². The van der Waals surface area contributed by atoms with Gasteiger partial charge in [0, 0.05) is 20.1 Å². The van der Waals surface area contributed by atoms with Crippen molar-refractivity contribution in [3.05, 3.63) is 12.2 Å². The molecule has 3 atom stereocenters. The fourth-order valence-corrected chi connectivity index (χ4v) is 2.77. The molecule has 0 spiro atoms. The first-order valence-corrected chi connectivity index (χ1v) is 6.68. The molecule has 2 rings (SSSR count). The number of amides is 2. The molecule has 0 aromatic rings. The van der Waals surface area contributed by atoms with Gasteiger partial charge in [-0.3, -0.25) is 14.5 Å². The topological polar surface area (TPSA) is 66.8 Å². The first-order chi connectivity index (χ1) is 8.96. The zero-order chi connectivity index (χ0) is 14.0. The van der Waals surface area contributed by atoms with Gasteiger partial charge in [0.1, 0.15) is 0 Å². The van der Waals surface area contributed by atoms with Gasteiger partial charge in [0.25, 0.3) is 0 Å². The Hall–Kier alpha value is -1.20. The second kappa shape index (κ2) is 5.43. The lowest BCUT2D eigenvalue weighted by atomic mass is 9.85. The van der Waals surface area contributed by atoms with Crippen LogP contribution < -0.4 is 0 Å². The van der Waals surface area contributed by atoms with Crippen LogP contribution in [-0.4, -0.2) is 47.7 Å². The molecule has 1 fully saturated rings. The van der Waals surface area contributed by atoms with Gasteiger partial charge >= 0.3 is 0 Å². The van der Waals surface area contributed by atoms with Gasteiger partial charge in [0.2, 0.25) is 11.8 Å². The van der Waals surface area contributed by atoms with Crippen molar-refractivity contribution in [2.75, 3.05) is 20.3 Å². The van der Waals surface area contributed by atoms with Gasteiger partial charge in [-0.15, -0.1) is 0 Å². The molecule has 5 nitrogen and oxygen atoms in total. The summed E-state index contributed by atoms with van der Waals surface area (Å²) in [6, 6.07) is 0. The number of imide groups is 1. The summed E-state index contributed by atoms with van der Waals surface area (Å²) < 4.78 is 4.93. The minimum atomic E-state index is -1.09. The Morgan fingerprint density at radius 3 is 2.32 bits per heavy atom. The molecular weight excluding hydrogens is 246 g/mol. The summed E-state index contributed by atoms with van der Waals surface area (Å²) in [7, 11) is 1.56. The molecule has 1 heterocycles. The first-order valence-electron chi connectivity index (χ1n) is 6.68. The number of hydrogen-bond acceptors (Lipinski definition) is 4. The molecule has 2 amide bonds. The van der Waals surface area contributed by atoms with E-state index < -0.39 is 5.60 Å². The molecule has 19 heavy (non-hydrogen) atoms. The van der Waals surface area contributed by atoms with Crippen LogP contribution in [0.5, 0.6) is 0 Å². The number of allylic oxidation sites excluding steroid dienone is 2. The minimum Gasteiger partial charge on any atom is -0.388 e. The molecule has 2 aliphatic rings. The molecule has 0 aromatic carbocycles. The summed E-state index contributed by atoms with van der Waals surface area (Å²) in [4.78, 5) is 25.7. The van der Waals surface area contributed by atoms with Crippen LogP contribution in [0.2, 0.25) is 0 Å². The molecule has 106 valence electrons. The standard InChI is InChI=1S/C14H21NO4/c1-14(18,7-8-19-2)9-15-12(16)10-5-3-4-6-11(10)13(15)17/h3-4,10-11,18H,5-9H2,1-2H3/t10-,11+,14?. The third-order valence-electron chi connectivity index (χ3n) is 3.94. The van der Waals surface area contributed by atoms with E-state index in [1.165, 1.54) is 4.90 Å². The third kappa shape index (κ3) is 2.87. The minimum absolute atomic E-state index is 0.0566. The van der Waals surface area contributed by atoms with Crippen LogP contribution >= 0.6 is 0 Å². The van der Waals surface area contributed by atoms with Crippen molar-refractivity contribution in [3.63, 3.8) is 0 Å². The number of methoxy groups -OCH3 is 1. The first kappa shape index (κ1) is 14.2. The van der Waals surface area contributed by atoms with Crippen molar-refractivity contribution >= 4 is 11.8 Å². The van der Waals surface area contributed by atoms with E-state index in [-0.39, 0.29) is 30.2 Å². The van der Waals surface area contributed by atoms with Crippen molar-refractivity contribution in [1.29, 1.82) is 0 Å². The zero-order valence-electron chi connectivity index (χ0n) is 11.5. The summed E-state index contributed by atoms with van der Waals surface area (Å²) in [5.41, 5.74) is -1.09. The quantitative estimate of drug-likeness (QED) is 0.589. The molecule has 1 aliphatic carbocycles. The number of β-amino-alcohol motifs (C(OH)–C–C–N with tert-alkyl or cyclic N) is 1. The monoisotopic (exact) mass is 267 g/mol. The Morgan fingerprint density at radius 1 is 1.32 bits per heavy atom. The molecule has 0 bridgehead atoms. The van der Waals surface area contributed by atoms with Crippen LogP contribution in [0.25, 0.3) is 0 Å². The largest absolute Gasteiger partial charge is 0.388 e. The highest BCUT2D eigenvalue weighted by Crippen LogP contribution is 2.35. The van der Waals surface area contributed by atoms with Crippen LogP contribution in [0.15, 0.2) is 12.2 Å². The summed E-state index contributed by atoms with van der Waals surface area (Å²) in [5.74, 6) is -0.736. The second-order valence-electron chi connectivity index (χ2n) is 5.66. The maximum absolute atomic E-state index is 12.2. The van der Waals surface area contributed by atoms with E-state index in [2.05, 4.69) is 0 Å². The average molecular weight is 267 g/mol. The summed E-state index contributed by atoms with van der Waals surface area (Å²) in [6.45, 7) is 2.09. The number of hydrogen-bond donors (Lipinski definition) is 1. The Kier molecular flexibility index (Phi) is 4.06. The predicted molar refractivity (Wildman–Crippen MR) is 69.2 cm³/mol. The molecule has 0 saturated carbocycles. The lowest BCUT2D eigenvalue weighted by Crippen LogP contribution is -2.44.